The molecule has 0 atom stereocenters. The number of fused-ring (bicyclic) bond motifs is 2. The molecule has 1 aromatic carbocycles. The molecule has 4 heterocycles. The van der Waals surface area contributed by atoms with Crippen LogP contribution in [0.5, 0.6) is 5.75 Å². The number of nitrogens with zero attached hydrogens (tertiary/aromatic N) is 2. The van der Waals surface area contributed by atoms with Crippen LogP contribution in [0.1, 0.15) is 22.6 Å². The molecular weight excluding hydrogens is 395 g/mol. The van der Waals surface area contributed by atoms with Gasteiger partial charge >= 0.3 is 0 Å². The highest BCUT2D eigenvalue weighted by molar-refractivity contribution is 6.31. The Morgan fingerprint density at radius 2 is 1.29 bits per heavy atom. The van der Waals surface area contributed by atoms with Gasteiger partial charge in [-0.15, -0.1) is 0 Å². The molecule has 3 N–H and O–H groups in total. The number of H-pyrrole nitrogens is 2. The number of hydrogen-bond donors (Lipinski definition) is 3. The van der Waals surface area contributed by atoms with Gasteiger partial charge in [-0.1, -0.05) is 35.3 Å². The van der Waals surface area contributed by atoms with Crippen molar-refractivity contribution in [2.24, 2.45) is 0 Å². The van der Waals surface area contributed by atoms with Gasteiger partial charge in [0.1, 0.15) is 17.0 Å². The SMILES string of the molecule is Oc1ccc(C(c2c[nH]c3ncc(Cl)cc23)c2c[nH]c3ncc(Cl)cc23)cc1. The first kappa shape index (κ1) is 17.1. The highest BCUT2D eigenvalue weighted by Gasteiger charge is 2.24. The van der Waals surface area contributed by atoms with Crippen molar-refractivity contribution in [3.63, 3.8) is 0 Å². The molecule has 138 valence electrons. The van der Waals surface area contributed by atoms with E-state index < -0.39 is 0 Å². The molecule has 28 heavy (non-hydrogen) atoms. The molecule has 0 aliphatic heterocycles. The van der Waals surface area contributed by atoms with Crippen LogP contribution in [0.4, 0.5) is 0 Å². The van der Waals surface area contributed by atoms with E-state index in [2.05, 4.69) is 19.9 Å². The van der Waals surface area contributed by atoms with Gasteiger partial charge in [0, 0.05) is 41.5 Å². The van der Waals surface area contributed by atoms with Crippen molar-refractivity contribution in [2.75, 3.05) is 0 Å². The number of aromatic nitrogens is 4. The number of rotatable bonds is 3. The third kappa shape index (κ3) is 2.80. The number of phenols is 1. The van der Waals surface area contributed by atoms with Gasteiger partial charge in [-0.3, -0.25) is 0 Å². The molecule has 7 heteroatoms. The second kappa shape index (κ2) is 6.55. The Balaban J connectivity index is 1.81. The van der Waals surface area contributed by atoms with E-state index in [9.17, 15) is 5.11 Å². The van der Waals surface area contributed by atoms with Crippen LogP contribution in [0.25, 0.3) is 22.1 Å². The van der Waals surface area contributed by atoms with Crippen LogP contribution in [0.2, 0.25) is 10.0 Å². The van der Waals surface area contributed by atoms with Crippen molar-refractivity contribution in [1.29, 1.82) is 0 Å². The van der Waals surface area contributed by atoms with E-state index in [0.29, 0.717) is 10.0 Å². The average molecular weight is 409 g/mol. The van der Waals surface area contributed by atoms with Crippen molar-refractivity contribution in [2.45, 2.75) is 5.92 Å². The van der Waals surface area contributed by atoms with E-state index in [1.165, 1.54) is 0 Å². The van der Waals surface area contributed by atoms with Crippen LogP contribution in [0, 0.1) is 0 Å². The van der Waals surface area contributed by atoms with Crippen molar-refractivity contribution >= 4 is 45.3 Å². The fourth-order valence-corrected chi connectivity index (χ4v) is 3.98. The van der Waals surface area contributed by atoms with E-state index in [0.717, 1.165) is 38.8 Å². The van der Waals surface area contributed by atoms with Gasteiger partial charge < -0.3 is 15.1 Å². The molecule has 0 spiro atoms. The molecule has 0 amide bonds. The van der Waals surface area contributed by atoms with E-state index in [1.807, 2.05) is 36.7 Å². The molecule has 5 nitrogen and oxygen atoms in total. The molecule has 0 bridgehead atoms. The lowest BCUT2D eigenvalue weighted by molar-refractivity contribution is 0.475. The first-order chi connectivity index (χ1) is 13.6. The molecular formula is C21H14Cl2N4O. The molecule has 4 aromatic heterocycles. The van der Waals surface area contributed by atoms with Gasteiger partial charge in [-0.05, 0) is 41.0 Å². The fourth-order valence-electron chi connectivity index (χ4n) is 3.67. The second-order valence-corrected chi connectivity index (χ2v) is 7.48. The summed E-state index contributed by atoms with van der Waals surface area (Å²) in [6.07, 6.45) is 7.13. The highest BCUT2D eigenvalue weighted by Crippen LogP contribution is 2.40. The predicted octanol–water partition coefficient (Wildman–Crippen LogP) is 5.63. The lowest BCUT2D eigenvalue weighted by Crippen LogP contribution is -2.02. The van der Waals surface area contributed by atoms with Crippen LogP contribution in [-0.2, 0) is 0 Å². The van der Waals surface area contributed by atoms with Gasteiger partial charge in [0.05, 0.1) is 10.0 Å². The molecule has 0 fully saturated rings. The number of benzene rings is 1. The maximum Gasteiger partial charge on any atom is 0.137 e. The Kier molecular flexibility index (Phi) is 4.00. The number of nitrogens with one attached hydrogen (secondary N) is 2. The first-order valence-electron chi connectivity index (χ1n) is 8.64. The molecule has 5 aromatic rings. The summed E-state index contributed by atoms with van der Waals surface area (Å²) in [5.41, 5.74) is 4.59. The molecule has 0 unspecified atom stereocenters. The molecule has 0 saturated carbocycles. The lowest BCUT2D eigenvalue weighted by atomic mass is 9.85. The van der Waals surface area contributed by atoms with Crippen molar-refractivity contribution in [1.82, 2.24) is 19.9 Å². The Bertz CT molecular complexity index is 1230. The second-order valence-electron chi connectivity index (χ2n) is 6.61. The Morgan fingerprint density at radius 1 is 0.786 bits per heavy atom. The number of phenolic OH excluding ortho intramolecular Hbond substituents is 1. The third-order valence-electron chi connectivity index (χ3n) is 4.91. The van der Waals surface area contributed by atoms with Crippen LogP contribution < -0.4 is 0 Å². The van der Waals surface area contributed by atoms with E-state index >= 15 is 0 Å². The fraction of sp³-hybridized carbons (Fsp3) is 0.0476. The normalized spacial score (nSPS) is 11.7. The van der Waals surface area contributed by atoms with Crippen LogP contribution >= 0.6 is 23.2 Å². The Labute approximate surface area is 170 Å². The minimum Gasteiger partial charge on any atom is -0.508 e. The zero-order valence-corrected chi connectivity index (χ0v) is 16.0. The quantitative estimate of drug-likeness (QED) is 0.361. The number of aromatic amines is 2. The van der Waals surface area contributed by atoms with E-state index in [1.54, 1.807) is 24.5 Å². The van der Waals surface area contributed by atoms with Crippen LogP contribution in [-0.4, -0.2) is 25.0 Å². The summed E-state index contributed by atoms with van der Waals surface area (Å²) < 4.78 is 0. The summed E-state index contributed by atoms with van der Waals surface area (Å²) >= 11 is 12.4. The monoisotopic (exact) mass is 408 g/mol. The largest absolute Gasteiger partial charge is 0.508 e. The zero-order valence-electron chi connectivity index (χ0n) is 14.4. The van der Waals surface area contributed by atoms with Gasteiger partial charge in [0.15, 0.2) is 0 Å². The summed E-state index contributed by atoms with van der Waals surface area (Å²) in [7, 11) is 0. The molecule has 0 radical (unpaired) electrons. The number of hydrogen-bond acceptors (Lipinski definition) is 3. The van der Waals surface area contributed by atoms with Crippen molar-refractivity contribution in [3.05, 3.63) is 87.9 Å². The minimum atomic E-state index is -0.136. The van der Waals surface area contributed by atoms with Gasteiger partial charge in [0.25, 0.3) is 0 Å². The molecule has 5 rings (SSSR count). The summed E-state index contributed by atoms with van der Waals surface area (Å²) in [5, 5.41) is 12.8. The van der Waals surface area contributed by atoms with E-state index in [-0.39, 0.29) is 11.7 Å². The highest BCUT2D eigenvalue weighted by atomic mass is 35.5. The number of aromatic hydroxyl groups is 1. The summed E-state index contributed by atoms with van der Waals surface area (Å²) in [4.78, 5) is 15.2. The third-order valence-corrected chi connectivity index (χ3v) is 5.32. The van der Waals surface area contributed by atoms with Crippen molar-refractivity contribution in [3.8, 4) is 5.75 Å². The average Bonchev–Trinajstić information content (AvgIpc) is 3.28. The van der Waals surface area contributed by atoms with Crippen LogP contribution in [0.3, 0.4) is 0 Å². The first-order valence-corrected chi connectivity index (χ1v) is 9.40. The maximum atomic E-state index is 9.75. The number of halogens is 2. The van der Waals surface area contributed by atoms with Crippen molar-refractivity contribution < 1.29 is 5.11 Å². The van der Waals surface area contributed by atoms with E-state index in [4.69, 9.17) is 23.2 Å². The maximum absolute atomic E-state index is 9.75. The Morgan fingerprint density at radius 3 is 1.79 bits per heavy atom. The number of pyridine rings is 2. The lowest BCUT2D eigenvalue weighted by Gasteiger charge is -2.17. The molecule has 0 aliphatic carbocycles. The van der Waals surface area contributed by atoms with Gasteiger partial charge in [-0.25, -0.2) is 9.97 Å². The standard InChI is InChI=1S/C21H14Cl2N4O/c22-12-5-15-17(9-26-20(15)24-7-12)19(11-1-3-14(28)4-2-11)18-10-27-21-16(18)6-13(23)8-25-21/h1-10,19,28H,(H,24,26)(H,25,27). The zero-order chi connectivity index (χ0) is 19.3. The molecule has 0 saturated heterocycles. The Hall–Kier alpha value is -3.02. The predicted molar refractivity (Wildman–Crippen MR) is 111 cm³/mol. The van der Waals surface area contributed by atoms with Gasteiger partial charge in [0.2, 0.25) is 0 Å². The summed E-state index contributed by atoms with van der Waals surface area (Å²) in [6.45, 7) is 0. The van der Waals surface area contributed by atoms with Crippen LogP contribution in [0.15, 0.2) is 61.2 Å². The summed E-state index contributed by atoms with van der Waals surface area (Å²) in [5.74, 6) is 0.0819. The molecule has 0 aliphatic rings. The summed E-state index contributed by atoms with van der Waals surface area (Å²) in [6, 6.07) is 11.0. The van der Waals surface area contributed by atoms with Gasteiger partial charge in [-0.2, -0.15) is 0 Å². The minimum absolute atomic E-state index is 0.136. The smallest absolute Gasteiger partial charge is 0.137 e. The topological polar surface area (TPSA) is 77.6 Å².